The molecule has 0 aliphatic carbocycles. The van der Waals surface area contributed by atoms with Crippen LogP contribution in [-0.4, -0.2) is 27.9 Å². The molecule has 0 aliphatic heterocycles. The Bertz CT molecular complexity index is 959. The van der Waals surface area contributed by atoms with Gasteiger partial charge in [-0.25, -0.2) is 18.3 Å². The molecule has 0 saturated carbocycles. The zero-order valence-corrected chi connectivity index (χ0v) is 13.9. The lowest BCUT2D eigenvalue weighted by Crippen LogP contribution is -2.07. The number of imidazole rings is 1. The quantitative estimate of drug-likeness (QED) is 0.720. The second-order valence-electron chi connectivity index (χ2n) is 5.35. The third kappa shape index (κ3) is 3.55. The molecule has 0 amide bonds. The number of rotatable bonds is 5. The maximum absolute atomic E-state index is 13.7. The molecule has 0 bridgehead atoms. The predicted octanol–water partition coefficient (Wildman–Crippen LogP) is 3.72. The van der Waals surface area contributed by atoms with Gasteiger partial charge in [-0.3, -0.25) is 4.99 Å². The van der Waals surface area contributed by atoms with Crippen molar-refractivity contribution < 1.29 is 8.78 Å². The molecule has 0 unspecified atom stereocenters. The van der Waals surface area contributed by atoms with Crippen LogP contribution in [0.15, 0.2) is 47.6 Å². The van der Waals surface area contributed by atoms with E-state index in [1.165, 1.54) is 12.1 Å². The Morgan fingerprint density at radius 3 is 2.84 bits per heavy atom. The Hall–Kier alpha value is -3.09. The fraction of sp³-hybridized carbons (Fsp3) is 0.167. The topological polar surface area (TPSA) is 54.6 Å². The average Bonchev–Trinajstić information content (AvgIpc) is 3.02. The van der Waals surface area contributed by atoms with Gasteiger partial charge in [0.15, 0.2) is 5.65 Å². The van der Waals surface area contributed by atoms with E-state index in [2.05, 4.69) is 20.4 Å². The van der Waals surface area contributed by atoms with Crippen LogP contribution in [0.3, 0.4) is 0 Å². The van der Waals surface area contributed by atoms with Gasteiger partial charge in [0.05, 0.1) is 11.9 Å². The van der Waals surface area contributed by atoms with Crippen molar-refractivity contribution in [3.8, 4) is 0 Å². The monoisotopic (exact) mass is 341 g/mol. The van der Waals surface area contributed by atoms with Crippen molar-refractivity contribution in [2.24, 2.45) is 4.99 Å². The summed E-state index contributed by atoms with van der Waals surface area (Å²) in [6, 6.07) is 7.08. The van der Waals surface area contributed by atoms with E-state index in [1.54, 1.807) is 30.0 Å². The third-order valence-corrected chi connectivity index (χ3v) is 3.71. The molecule has 0 saturated heterocycles. The van der Waals surface area contributed by atoms with Crippen molar-refractivity contribution in [2.45, 2.75) is 13.5 Å². The van der Waals surface area contributed by atoms with E-state index < -0.39 is 11.6 Å². The molecule has 0 radical (unpaired) electrons. The number of nitrogens with one attached hydrogen (secondary N) is 1. The van der Waals surface area contributed by atoms with Crippen LogP contribution in [0.4, 0.5) is 14.6 Å². The van der Waals surface area contributed by atoms with Gasteiger partial charge in [-0.1, -0.05) is 12.1 Å². The normalized spacial score (nSPS) is 12.2. The summed E-state index contributed by atoms with van der Waals surface area (Å²) in [5, 5.41) is 7.54. The number of fused-ring (bicyclic) bond motifs is 1. The maximum atomic E-state index is 13.7. The molecule has 3 rings (SSSR count). The van der Waals surface area contributed by atoms with Crippen LogP contribution in [0, 0.1) is 11.6 Å². The van der Waals surface area contributed by atoms with E-state index in [1.807, 2.05) is 19.1 Å². The number of aliphatic imine (C=N–C) groups is 1. The number of anilines is 1. The van der Waals surface area contributed by atoms with Crippen molar-refractivity contribution in [1.29, 1.82) is 0 Å². The number of halogens is 2. The fourth-order valence-electron chi connectivity index (χ4n) is 2.44. The largest absolute Gasteiger partial charge is 0.364 e. The van der Waals surface area contributed by atoms with Gasteiger partial charge >= 0.3 is 0 Å². The molecular weight excluding hydrogens is 324 g/mol. The first-order valence-corrected chi connectivity index (χ1v) is 7.74. The fourth-order valence-corrected chi connectivity index (χ4v) is 2.44. The van der Waals surface area contributed by atoms with Crippen LogP contribution in [0.1, 0.15) is 18.2 Å². The highest BCUT2D eigenvalue weighted by atomic mass is 19.1. The maximum Gasteiger partial charge on any atom is 0.154 e. The van der Waals surface area contributed by atoms with Crippen LogP contribution < -0.4 is 5.32 Å². The molecule has 1 N–H and O–H groups in total. The molecule has 1 aromatic carbocycles. The van der Waals surface area contributed by atoms with Gasteiger partial charge in [-0.05, 0) is 25.1 Å². The smallest absolute Gasteiger partial charge is 0.154 e. The number of hydrogen-bond donors (Lipinski definition) is 1. The molecular formula is C18H17F2N5. The Balaban J connectivity index is 1.87. The molecule has 25 heavy (non-hydrogen) atoms. The Morgan fingerprint density at radius 2 is 2.12 bits per heavy atom. The standard InChI is InChI=1S/C18H17F2N5/c1-3-12(9-21-2)16-11-23-18-7-6-17(24-25(16)18)22-10-13-4-5-14(19)8-15(13)20/h3-9,11H,10H2,1-2H3,(H,22,24)/b12-3+,21-9?. The number of hydrogen-bond acceptors (Lipinski definition) is 4. The van der Waals surface area contributed by atoms with Crippen LogP contribution in [-0.2, 0) is 6.54 Å². The van der Waals surface area contributed by atoms with Crippen molar-refractivity contribution in [2.75, 3.05) is 12.4 Å². The Labute approximate surface area is 143 Å². The van der Waals surface area contributed by atoms with E-state index >= 15 is 0 Å². The molecule has 0 spiro atoms. The first kappa shape index (κ1) is 16.8. The summed E-state index contributed by atoms with van der Waals surface area (Å²) in [7, 11) is 1.70. The molecule has 0 fully saturated rings. The first-order chi connectivity index (χ1) is 12.1. The summed E-state index contributed by atoms with van der Waals surface area (Å²) >= 11 is 0. The lowest BCUT2D eigenvalue weighted by atomic mass is 10.2. The minimum absolute atomic E-state index is 0.196. The highest BCUT2D eigenvalue weighted by Gasteiger charge is 2.09. The second kappa shape index (κ2) is 7.21. The lowest BCUT2D eigenvalue weighted by Gasteiger charge is -2.08. The Kier molecular flexibility index (Phi) is 4.83. The van der Waals surface area contributed by atoms with E-state index in [4.69, 9.17) is 0 Å². The molecule has 0 atom stereocenters. The summed E-state index contributed by atoms with van der Waals surface area (Å²) in [4.78, 5) is 8.36. The molecule has 7 heteroatoms. The van der Waals surface area contributed by atoms with Crippen LogP contribution >= 0.6 is 0 Å². The molecule has 2 heterocycles. The zero-order valence-electron chi connectivity index (χ0n) is 13.9. The van der Waals surface area contributed by atoms with E-state index in [9.17, 15) is 8.78 Å². The SMILES string of the molecule is C/C=C(\C=NC)c1cnc2ccc(NCc3ccc(F)cc3F)nn12. The molecule has 3 aromatic rings. The van der Waals surface area contributed by atoms with Gasteiger partial charge in [0, 0.05) is 37.0 Å². The van der Waals surface area contributed by atoms with Gasteiger partial charge in [0.25, 0.3) is 0 Å². The van der Waals surface area contributed by atoms with E-state index in [0.29, 0.717) is 17.0 Å². The first-order valence-electron chi connectivity index (χ1n) is 7.74. The molecule has 0 aliphatic rings. The summed E-state index contributed by atoms with van der Waals surface area (Å²) in [5.74, 6) is -0.632. The predicted molar refractivity (Wildman–Crippen MR) is 94.7 cm³/mol. The third-order valence-electron chi connectivity index (χ3n) is 3.71. The molecule has 2 aromatic heterocycles. The average molecular weight is 341 g/mol. The van der Waals surface area contributed by atoms with Gasteiger partial charge in [0.2, 0.25) is 0 Å². The van der Waals surface area contributed by atoms with Crippen LogP contribution in [0.25, 0.3) is 11.2 Å². The van der Waals surface area contributed by atoms with E-state index in [-0.39, 0.29) is 6.54 Å². The van der Waals surface area contributed by atoms with Crippen molar-refractivity contribution >= 4 is 23.3 Å². The number of benzene rings is 1. The lowest BCUT2D eigenvalue weighted by molar-refractivity contribution is 0.574. The molecule has 5 nitrogen and oxygen atoms in total. The number of aromatic nitrogens is 3. The van der Waals surface area contributed by atoms with E-state index in [0.717, 1.165) is 17.3 Å². The highest BCUT2D eigenvalue weighted by molar-refractivity contribution is 6.09. The Morgan fingerprint density at radius 1 is 1.28 bits per heavy atom. The minimum Gasteiger partial charge on any atom is -0.364 e. The van der Waals surface area contributed by atoms with Crippen molar-refractivity contribution in [3.63, 3.8) is 0 Å². The van der Waals surface area contributed by atoms with Crippen molar-refractivity contribution in [1.82, 2.24) is 14.6 Å². The summed E-state index contributed by atoms with van der Waals surface area (Å²) in [6.07, 6.45) is 5.38. The summed E-state index contributed by atoms with van der Waals surface area (Å²) in [5.41, 5.74) is 2.75. The second-order valence-corrected chi connectivity index (χ2v) is 5.35. The van der Waals surface area contributed by atoms with Crippen LogP contribution in [0.5, 0.6) is 0 Å². The van der Waals surface area contributed by atoms with Crippen molar-refractivity contribution in [3.05, 3.63) is 65.5 Å². The minimum atomic E-state index is -0.597. The number of nitrogens with zero attached hydrogens (tertiary/aromatic N) is 4. The summed E-state index contributed by atoms with van der Waals surface area (Å²) < 4.78 is 28.4. The van der Waals surface area contributed by atoms with Gasteiger partial charge in [-0.2, -0.15) is 0 Å². The summed E-state index contributed by atoms with van der Waals surface area (Å²) in [6.45, 7) is 2.11. The van der Waals surface area contributed by atoms with Crippen LogP contribution in [0.2, 0.25) is 0 Å². The van der Waals surface area contributed by atoms with Gasteiger partial charge in [0.1, 0.15) is 17.5 Å². The highest BCUT2D eigenvalue weighted by Crippen LogP contribution is 2.17. The molecule has 128 valence electrons. The van der Waals surface area contributed by atoms with Gasteiger partial charge < -0.3 is 5.32 Å². The number of allylic oxidation sites excluding steroid dienone is 2. The van der Waals surface area contributed by atoms with Gasteiger partial charge in [-0.15, -0.1) is 5.10 Å². The zero-order chi connectivity index (χ0) is 17.8.